The fourth-order valence-corrected chi connectivity index (χ4v) is 3.37. The molecule has 0 fully saturated rings. The summed E-state index contributed by atoms with van der Waals surface area (Å²) in [6.45, 7) is 7.77. The van der Waals surface area contributed by atoms with Crippen LogP contribution in [0.25, 0.3) is 11.0 Å². The predicted molar refractivity (Wildman–Crippen MR) is 98.3 cm³/mol. The fourth-order valence-electron chi connectivity index (χ4n) is 2.34. The molecule has 0 saturated heterocycles. The fraction of sp³-hybridized carbons (Fsp3) is 0.375. The van der Waals surface area contributed by atoms with E-state index in [4.69, 9.17) is 4.74 Å². The first-order valence-corrected chi connectivity index (χ1v) is 12.2. The molecule has 0 aromatic carbocycles. The van der Waals surface area contributed by atoms with Crippen molar-refractivity contribution in [1.29, 1.82) is 0 Å². The van der Waals surface area contributed by atoms with Crippen LogP contribution >= 0.6 is 15.9 Å². The van der Waals surface area contributed by atoms with Gasteiger partial charge in [-0.2, -0.15) is 5.10 Å². The summed E-state index contributed by atoms with van der Waals surface area (Å²) < 4.78 is 8.96. The second-order valence-electron chi connectivity index (χ2n) is 6.84. The molecule has 7 heteroatoms. The molecule has 5 nitrogen and oxygen atoms in total. The zero-order valence-electron chi connectivity index (χ0n) is 13.6. The van der Waals surface area contributed by atoms with Crippen molar-refractivity contribution in [2.24, 2.45) is 0 Å². The quantitative estimate of drug-likeness (QED) is 0.631. The minimum atomic E-state index is -1.14. The summed E-state index contributed by atoms with van der Waals surface area (Å²) >= 11 is 3.45. The van der Waals surface area contributed by atoms with Gasteiger partial charge in [-0.05, 0) is 40.2 Å². The van der Waals surface area contributed by atoms with E-state index in [2.05, 4.69) is 56.7 Å². The Morgan fingerprint density at radius 3 is 2.87 bits per heavy atom. The van der Waals surface area contributed by atoms with Gasteiger partial charge in [0.2, 0.25) is 0 Å². The van der Waals surface area contributed by atoms with Crippen LogP contribution in [0.1, 0.15) is 11.9 Å². The largest absolute Gasteiger partial charge is 0.351 e. The van der Waals surface area contributed by atoms with Gasteiger partial charge in [0.1, 0.15) is 5.65 Å². The zero-order chi connectivity index (χ0) is 16.4. The molecule has 0 radical (unpaired) electrons. The Morgan fingerprint density at radius 2 is 2.22 bits per heavy atom. The third-order valence-corrected chi connectivity index (χ3v) is 5.73. The highest BCUT2D eigenvalue weighted by atomic mass is 79.9. The van der Waals surface area contributed by atoms with E-state index in [9.17, 15) is 0 Å². The molecule has 0 bridgehead atoms. The minimum Gasteiger partial charge on any atom is -0.351 e. The molecule has 122 valence electrons. The van der Waals surface area contributed by atoms with Gasteiger partial charge in [0.05, 0.1) is 16.4 Å². The van der Waals surface area contributed by atoms with Crippen molar-refractivity contribution in [3.05, 3.63) is 47.0 Å². The van der Waals surface area contributed by atoms with Gasteiger partial charge in [-0.3, -0.25) is 0 Å². The third kappa shape index (κ3) is 4.10. The van der Waals surface area contributed by atoms with Crippen LogP contribution in [0.4, 0.5) is 0 Å². The molecule has 0 amide bonds. The number of nitrogens with one attached hydrogen (secondary N) is 1. The number of fused-ring (bicyclic) bond motifs is 1. The van der Waals surface area contributed by atoms with Gasteiger partial charge in [-0.25, -0.2) is 9.67 Å². The molecule has 0 aliphatic rings. The van der Waals surface area contributed by atoms with Gasteiger partial charge in [-0.15, -0.1) is 0 Å². The molecule has 0 saturated carbocycles. The molecular weight excluding hydrogens is 372 g/mol. The van der Waals surface area contributed by atoms with Crippen LogP contribution < -0.4 is 0 Å². The van der Waals surface area contributed by atoms with Crippen molar-refractivity contribution in [1.82, 2.24) is 19.7 Å². The third-order valence-electron chi connectivity index (χ3n) is 3.62. The molecule has 3 aromatic heterocycles. The maximum absolute atomic E-state index is 6.19. The normalized spacial score (nSPS) is 13.6. The molecule has 1 unspecified atom stereocenters. The Labute approximate surface area is 145 Å². The first-order valence-electron chi connectivity index (χ1n) is 7.67. The number of halogens is 1. The van der Waals surface area contributed by atoms with Gasteiger partial charge in [0.15, 0.2) is 6.23 Å². The Kier molecular flexibility index (Phi) is 4.70. The van der Waals surface area contributed by atoms with Gasteiger partial charge in [0, 0.05) is 32.5 Å². The highest BCUT2D eigenvalue weighted by Gasteiger charge is 2.20. The molecule has 3 heterocycles. The topological polar surface area (TPSA) is 55.7 Å². The SMILES string of the molecule is C[Si](C)(C)CCOC(c1cc2cccnc2[nH]1)n1cc(Br)cn1. The monoisotopic (exact) mass is 392 g/mol. The van der Waals surface area contributed by atoms with Crippen LogP contribution in [0, 0.1) is 0 Å². The number of aromatic amines is 1. The number of pyridine rings is 1. The lowest BCUT2D eigenvalue weighted by Crippen LogP contribution is -2.24. The highest BCUT2D eigenvalue weighted by Crippen LogP contribution is 2.24. The molecule has 23 heavy (non-hydrogen) atoms. The molecule has 3 aromatic rings. The van der Waals surface area contributed by atoms with E-state index in [1.165, 1.54) is 0 Å². The van der Waals surface area contributed by atoms with Crippen molar-refractivity contribution in [3.8, 4) is 0 Å². The molecule has 0 spiro atoms. The summed E-state index contributed by atoms with van der Waals surface area (Å²) in [5, 5.41) is 5.47. The van der Waals surface area contributed by atoms with Crippen molar-refractivity contribution in [2.75, 3.05) is 6.61 Å². The average molecular weight is 393 g/mol. The number of rotatable bonds is 6. The number of hydrogen-bond acceptors (Lipinski definition) is 3. The second kappa shape index (κ2) is 6.58. The van der Waals surface area contributed by atoms with Gasteiger partial charge >= 0.3 is 0 Å². The van der Waals surface area contributed by atoms with E-state index in [0.29, 0.717) is 0 Å². The van der Waals surface area contributed by atoms with Crippen molar-refractivity contribution < 1.29 is 4.74 Å². The summed E-state index contributed by atoms with van der Waals surface area (Å²) in [4.78, 5) is 7.71. The highest BCUT2D eigenvalue weighted by molar-refractivity contribution is 9.10. The van der Waals surface area contributed by atoms with E-state index in [0.717, 1.165) is 33.9 Å². The Balaban J connectivity index is 1.88. The van der Waals surface area contributed by atoms with Gasteiger partial charge in [-0.1, -0.05) is 19.6 Å². The maximum Gasteiger partial charge on any atom is 0.190 e. The Bertz CT molecular complexity index is 760. The van der Waals surface area contributed by atoms with Crippen LogP contribution in [0.3, 0.4) is 0 Å². The van der Waals surface area contributed by atoms with Gasteiger partial charge < -0.3 is 9.72 Å². The number of nitrogens with zero attached hydrogens (tertiary/aromatic N) is 3. The van der Waals surface area contributed by atoms with Crippen molar-refractivity contribution >= 4 is 35.0 Å². The lowest BCUT2D eigenvalue weighted by Gasteiger charge is -2.20. The maximum atomic E-state index is 6.19. The zero-order valence-corrected chi connectivity index (χ0v) is 16.2. The number of aromatic nitrogens is 4. The van der Waals surface area contributed by atoms with Crippen molar-refractivity contribution in [3.63, 3.8) is 0 Å². The van der Waals surface area contributed by atoms with E-state index in [1.54, 1.807) is 12.4 Å². The molecule has 0 aliphatic carbocycles. The summed E-state index contributed by atoms with van der Waals surface area (Å²) in [6, 6.07) is 7.17. The predicted octanol–water partition coefficient (Wildman–Crippen LogP) is 4.42. The lowest BCUT2D eigenvalue weighted by molar-refractivity contribution is 0.0292. The van der Waals surface area contributed by atoms with Crippen molar-refractivity contribution in [2.45, 2.75) is 31.9 Å². The molecular formula is C16H21BrN4OSi. The number of hydrogen-bond donors (Lipinski definition) is 1. The van der Waals surface area contributed by atoms with E-state index in [-0.39, 0.29) is 6.23 Å². The molecule has 1 atom stereocenters. The number of H-pyrrole nitrogens is 1. The summed E-state index contributed by atoms with van der Waals surface area (Å²) in [7, 11) is -1.14. The van der Waals surface area contributed by atoms with Crippen LogP contribution in [-0.4, -0.2) is 34.4 Å². The van der Waals surface area contributed by atoms with Gasteiger partial charge in [0.25, 0.3) is 0 Å². The summed E-state index contributed by atoms with van der Waals surface area (Å²) in [6.07, 6.45) is 5.22. The minimum absolute atomic E-state index is 0.271. The average Bonchev–Trinajstić information content (AvgIpc) is 3.08. The van der Waals surface area contributed by atoms with Crippen LogP contribution in [-0.2, 0) is 4.74 Å². The van der Waals surface area contributed by atoms with E-state index < -0.39 is 8.07 Å². The molecule has 1 N–H and O–H groups in total. The number of ether oxygens (including phenoxy) is 1. The standard InChI is InChI=1S/C16H21BrN4OSi/c1-23(2,3)8-7-22-16(21-11-13(17)10-19-21)14-9-12-5-4-6-18-15(12)20-14/h4-6,9-11,16H,7-8H2,1-3H3,(H,18,20). The van der Waals surface area contributed by atoms with Crippen LogP contribution in [0.5, 0.6) is 0 Å². The van der Waals surface area contributed by atoms with E-state index in [1.807, 2.05) is 23.0 Å². The first-order chi connectivity index (χ1) is 10.9. The van der Waals surface area contributed by atoms with Crippen LogP contribution in [0.2, 0.25) is 25.7 Å². The Morgan fingerprint density at radius 1 is 1.39 bits per heavy atom. The smallest absolute Gasteiger partial charge is 0.190 e. The summed E-state index contributed by atoms with van der Waals surface area (Å²) in [5.41, 5.74) is 1.83. The Hall–Kier alpha value is -1.44. The molecule has 3 rings (SSSR count). The molecule has 0 aliphatic heterocycles. The lowest BCUT2D eigenvalue weighted by atomic mass is 10.3. The van der Waals surface area contributed by atoms with E-state index >= 15 is 0 Å². The summed E-state index contributed by atoms with van der Waals surface area (Å²) in [5.74, 6) is 0. The van der Waals surface area contributed by atoms with Crippen LogP contribution in [0.15, 0.2) is 41.3 Å². The first kappa shape index (κ1) is 16.4. The second-order valence-corrected chi connectivity index (χ2v) is 13.4.